The summed E-state index contributed by atoms with van der Waals surface area (Å²) in [6.07, 6.45) is 9.56. The number of rotatable bonds is 15. The molecular formula is C18H42O4Si3. The first kappa shape index (κ1) is 25.0. The van der Waals surface area contributed by atoms with E-state index in [2.05, 4.69) is 45.8 Å². The standard InChI is InChI=1S/C18H42O4Si3/c1-23(2,3)21-25(7,22-24(4,5)6)17-15-13-11-9-8-10-12-14-16-18(19)20/h8-17H2,1-7H3,(H,19,20). The molecular weight excluding hydrogens is 364 g/mol. The maximum Gasteiger partial charge on any atom is 0.314 e. The van der Waals surface area contributed by atoms with Crippen LogP contribution in [0.2, 0.25) is 51.9 Å². The molecule has 0 saturated carbocycles. The number of carboxylic acids is 1. The van der Waals surface area contributed by atoms with E-state index in [1.165, 1.54) is 32.1 Å². The first-order chi connectivity index (χ1) is 11.3. The van der Waals surface area contributed by atoms with Crippen LogP contribution in [-0.4, -0.2) is 36.3 Å². The Morgan fingerprint density at radius 1 is 0.680 bits per heavy atom. The van der Waals surface area contributed by atoms with Gasteiger partial charge in [-0.15, -0.1) is 0 Å². The van der Waals surface area contributed by atoms with Crippen molar-refractivity contribution in [1.82, 2.24) is 0 Å². The smallest absolute Gasteiger partial charge is 0.314 e. The lowest BCUT2D eigenvalue weighted by atomic mass is 10.1. The van der Waals surface area contributed by atoms with Crippen LogP contribution in [0.4, 0.5) is 0 Å². The Labute approximate surface area is 159 Å². The highest BCUT2D eigenvalue weighted by molar-refractivity contribution is 6.87. The highest BCUT2D eigenvalue weighted by atomic mass is 28.5. The predicted molar refractivity (Wildman–Crippen MR) is 114 cm³/mol. The summed E-state index contributed by atoms with van der Waals surface area (Å²) in [6.45, 7) is 15.8. The molecule has 0 saturated heterocycles. The fraction of sp³-hybridized carbons (Fsp3) is 0.944. The van der Waals surface area contributed by atoms with Crippen molar-refractivity contribution in [1.29, 1.82) is 0 Å². The summed E-state index contributed by atoms with van der Waals surface area (Å²) in [5.74, 6) is -0.673. The van der Waals surface area contributed by atoms with E-state index in [0.29, 0.717) is 6.42 Å². The summed E-state index contributed by atoms with van der Waals surface area (Å²) >= 11 is 0. The van der Waals surface area contributed by atoms with Crippen molar-refractivity contribution in [2.75, 3.05) is 0 Å². The summed E-state index contributed by atoms with van der Waals surface area (Å²) in [5.41, 5.74) is 0. The Kier molecular flexibility index (Phi) is 11.7. The molecule has 0 amide bonds. The highest BCUT2D eigenvalue weighted by Gasteiger charge is 2.39. The summed E-state index contributed by atoms with van der Waals surface area (Å²) < 4.78 is 13.1. The molecule has 0 aromatic carbocycles. The van der Waals surface area contributed by atoms with Gasteiger partial charge in [-0.1, -0.05) is 44.9 Å². The molecule has 0 aliphatic carbocycles. The molecule has 0 unspecified atom stereocenters. The summed E-state index contributed by atoms with van der Waals surface area (Å²) in [5, 5.41) is 8.61. The molecule has 0 heterocycles. The van der Waals surface area contributed by atoms with Crippen molar-refractivity contribution in [3.05, 3.63) is 0 Å². The monoisotopic (exact) mass is 406 g/mol. The number of unbranched alkanes of at least 4 members (excludes halogenated alkanes) is 7. The number of aliphatic carboxylic acids is 1. The van der Waals surface area contributed by atoms with Crippen LogP contribution in [0.5, 0.6) is 0 Å². The molecule has 0 atom stereocenters. The normalized spacial score (nSPS) is 13.2. The zero-order valence-corrected chi connectivity index (χ0v) is 20.7. The minimum Gasteiger partial charge on any atom is -0.481 e. The van der Waals surface area contributed by atoms with Gasteiger partial charge in [-0.25, -0.2) is 0 Å². The Morgan fingerprint density at radius 2 is 1.04 bits per heavy atom. The van der Waals surface area contributed by atoms with Crippen LogP contribution in [0.25, 0.3) is 0 Å². The quantitative estimate of drug-likeness (QED) is 0.254. The van der Waals surface area contributed by atoms with Gasteiger partial charge in [0.15, 0.2) is 16.6 Å². The van der Waals surface area contributed by atoms with E-state index in [-0.39, 0.29) is 0 Å². The van der Waals surface area contributed by atoms with Gasteiger partial charge in [-0.05, 0) is 58.3 Å². The van der Waals surface area contributed by atoms with Crippen LogP contribution in [0.1, 0.15) is 57.8 Å². The molecule has 0 aromatic rings. The molecule has 4 nitrogen and oxygen atoms in total. The van der Waals surface area contributed by atoms with Crippen molar-refractivity contribution >= 4 is 31.2 Å². The second kappa shape index (κ2) is 11.7. The molecule has 0 fully saturated rings. The molecule has 0 spiro atoms. The number of carboxylic acid groups (broad SMARTS) is 1. The van der Waals surface area contributed by atoms with E-state index in [4.69, 9.17) is 13.3 Å². The molecule has 0 aromatic heterocycles. The maximum atomic E-state index is 10.4. The molecule has 7 heteroatoms. The van der Waals surface area contributed by atoms with E-state index < -0.39 is 31.2 Å². The van der Waals surface area contributed by atoms with Crippen LogP contribution >= 0.6 is 0 Å². The highest BCUT2D eigenvalue weighted by Crippen LogP contribution is 2.26. The van der Waals surface area contributed by atoms with Crippen molar-refractivity contribution in [3.8, 4) is 0 Å². The third-order valence-electron chi connectivity index (χ3n) is 3.82. The zero-order valence-electron chi connectivity index (χ0n) is 17.7. The van der Waals surface area contributed by atoms with Crippen LogP contribution < -0.4 is 0 Å². The third kappa shape index (κ3) is 17.2. The minimum absolute atomic E-state index is 0.317. The first-order valence-corrected chi connectivity index (χ1v) is 19.3. The molecule has 0 bridgehead atoms. The number of carbonyl (C=O) groups is 1. The van der Waals surface area contributed by atoms with E-state index in [1.807, 2.05) is 0 Å². The van der Waals surface area contributed by atoms with Gasteiger partial charge in [0.05, 0.1) is 0 Å². The lowest BCUT2D eigenvalue weighted by Gasteiger charge is -2.38. The van der Waals surface area contributed by atoms with Crippen molar-refractivity contribution in [2.24, 2.45) is 0 Å². The van der Waals surface area contributed by atoms with Gasteiger partial charge in [0.25, 0.3) is 0 Å². The van der Waals surface area contributed by atoms with Crippen molar-refractivity contribution < 1.29 is 18.1 Å². The molecule has 0 radical (unpaired) electrons. The van der Waals surface area contributed by atoms with Gasteiger partial charge in [-0.3, -0.25) is 4.79 Å². The Hall–Kier alpha value is 0.0406. The summed E-state index contributed by atoms with van der Waals surface area (Å²) in [4.78, 5) is 10.4. The SMILES string of the molecule is C[Si](C)(C)O[Si](C)(CCCCCCCCCCC(=O)O)O[Si](C)(C)C. The molecule has 25 heavy (non-hydrogen) atoms. The fourth-order valence-electron chi connectivity index (χ4n) is 3.20. The average Bonchev–Trinajstić information content (AvgIpc) is 2.35. The Morgan fingerprint density at radius 3 is 1.40 bits per heavy atom. The molecule has 0 aliphatic rings. The lowest BCUT2D eigenvalue weighted by Crippen LogP contribution is -2.52. The van der Waals surface area contributed by atoms with Crippen molar-refractivity contribution in [3.63, 3.8) is 0 Å². The largest absolute Gasteiger partial charge is 0.481 e. The molecule has 0 rings (SSSR count). The zero-order chi connectivity index (χ0) is 19.6. The third-order valence-corrected chi connectivity index (χ3v) is 13.4. The number of hydrogen-bond donors (Lipinski definition) is 1. The summed E-state index contributed by atoms with van der Waals surface area (Å²) in [7, 11) is -5.20. The van der Waals surface area contributed by atoms with Crippen LogP contribution in [-0.2, 0) is 13.0 Å². The minimum atomic E-state index is -2.05. The Bertz CT molecular complexity index is 359. The predicted octanol–water partition coefficient (Wildman–Crippen LogP) is 6.36. The Balaban J connectivity index is 3.97. The topological polar surface area (TPSA) is 55.8 Å². The number of hydrogen-bond acceptors (Lipinski definition) is 3. The van der Waals surface area contributed by atoms with E-state index in [1.54, 1.807) is 0 Å². The van der Waals surface area contributed by atoms with Gasteiger partial charge in [0, 0.05) is 6.42 Å². The van der Waals surface area contributed by atoms with E-state index in [0.717, 1.165) is 25.3 Å². The average molecular weight is 407 g/mol. The molecule has 150 valence electrons. The first-order valence-electron chi connectivity index (χ1n) is 9.95. The fourth-order valence-corrected chi connectivity index (χ4v) is 15.8. The second-order valence-corrected chi connectivity index (χ2v) is 22.1. The molecule has 1 N–H and O–H groups in total. The van der Waals surface area contributed by atoms with Crippen molar-refractivity contribution in [2.45, 2.75) is 110 Å². The van der Waals surface area contributed by atoms with Gasteiger partial charge in [0.1, 0.15) is 0 Å². The van der Waals surface area contributed by atoms with Gasteiger partial charge < -0.3 is 13.3 Å². The van der Waals surface area contributed by atoms with E-state index in [9.17, 15) is 4.79 Å². The maximum absolute atomic E-state index is 10.4. The van der Waals surface area contributed by atoms with Gasteiger partial charge in [-0.2, -0.15) is 0 Å². The van der Waals surface area contributed by atoms with Crippen LogP contribution in [0, 0.1) is 0 Å². The van der Waals surface area contributed by atoms with Gasteiger partial charge in [0.2, 0.25) is 0 Å². The second-order valence-electron chi connectivity index (χ2n) is 9.28. The summed E-state index contributed by atoms with van der Waals surface area (Å²) in [6, 6.07) is 1.11. The van der Waals surface area contributed by atoms with Crippen LogP contribution in [0.3, 0.4) is 0 Å². The molecule has 0 aliphatic heterocycles. The van der Waals surface area contributed by atoms with Crippen LogP contribution in [0.15, 0.2) is 0 Å². The van der Waals surface area contributed by atoms with Gasteiger partial charge >= 0.3 is 14.5 Å². The lowest BCUT2D eigenvalue weighted by molar-refractivity contribution is -0.137. The van der Waals surface area contributed by atoms with E-state index >= 15 is 0 Å².